The number of aryl methyl sites for hydroxylation is 1. The minimum Gasteiger partial charge on any atom is -0.387 e. The van der Waals surface area contributed by atoms with Crippen molar-refractivity contribution in [2.75, 3.05) is 0 Å². The van der Waals surface area contributed by atoms with Crippen LogP contribution in [0.1, 0.15) is 24.5 Å². The summed E-state index contributed by atoms with van der Waals surface area (Å²) in [6, 6.07) is 0. The van der Waals surface area contributed by atoms with Crippen molar-refractivity contribution in [1.29, 1.82) is 0 Å². The summed E-state index contributed by atoms with van der Waals surface area (Å²) in [5.74, 6) is 0.927. The van der Waals surface area contributed by atoms with Crippen LogP contribution in [0, 0.1) is 17.2 Å². The Hall–Kier alpha value is -0.700. The fraction of sp³-hybridized carbons (Fsp3) is 0.571. The Morgan fingerprint density at radius 3 is 2.00 bits per heavy atom. The molecule has 7 nitrogen and oxygen atoms in total. The lowest BCUT2D eigenvalue weighted by atomic mass is 10.3. The topological polar surface area (TPSA) is 127 Å². The van der Waals surface area contributed by atoms with Crippen LogP contribution in [0.4, 0.5) is 0 Å². The third-order valence-corrected chi connectivity index (χ3v) is 1.68. The van der Waals surface area contributed by atoms with Crippen molar-refractivity contribution in [1.82, 2.24) is 9.55 Å². The summed E-state index contributed by atoms with van der Waals surface area (Å²) in [5, 5.41) is 9.16. The van der Waals surface area contributed by atoms with Gasteiger partial charge in [-0.1, -0.05) is 0 Å². The molecule has 0 saturated carbocycles. The number of aliphatic hydroxyl groups excluding tert-OH is 1. The van der Waals surface area contributed by atoms with Gasteiger partial charge in [-0.05, 0) is 13.8 Å². The van der Waals surface area contributed by atoms with Gasteiger partial charge in [0, 0.05) is 7.05 Å². The van der Waals surface area contributed by atoms with Crippen molar-refractivity contribution >= 4 is 0 Å². The number of aromatic nitrogens is 2. The van der Waals surface area contributed by atoms with Crippen molar-refractivity contribution in [2.45, 2.75) is 20.0 Å². The molecule has 0 spiro atoms. The van der Waals surface area contributed by atoms with Crippen molar-refractivity contribution in [3.8, 4) is 0 Å². The Balaban J connectivity index is 0.000000336. The Bertz CT molecular complexity index is 301. The van der Waals surface area contributed by atoms with E-state index in [-0.39, 0.29) is 0 Å². The van der Waals surface area contributed by atoms with E-state index in [2.05, 4.69) is 4.98 Å². The number of hydrogen-bond donors (Lipinski definition) is 2. The molecule has 0 saturated heterocycles. The molecular formula is C7H13ClN2O5. The van der Waals surface area contributed by atoms with Crippen LogP contribution < -0.4 is 14.0 Å². The zero-order valence-electron chi connectivity index (χ0n) is 8.55. The first kappa shape index (κ1) is 14.3. The molecule has 0 aromatic carbocycles. The molecule has 88 valence electrons. The zero-order chi connectivity index (χ0) is 12.2. The molecule has 0 bridgehead atoms. The lowest BCUT2D eigenvalue weighted by Gasteiger charge is -2.04. The maximum Gasteiger partial charge on any atom is 0.105 e. The van der Waals surface area contributed by atoms with E-state index in [9.17, 15) is 0 Å². The Morgan fingerprint density at radius 1 is 1.47 bits per heavy atom. The Labute approximate surface area is 89.0 Å². The third kappa shape index (κ3) is 6.39. The van der Waals surface area contributed by atoms with Gasteiger partial charge in [0.05, 0.1) is 32.9 Å². The molecular weight excluding hydrogens is 228 g/mol. The van der Waals surface area contributed by atoms with E-state index < -0.39 is 16.3 Å². The Kier molecular flexibility index (Phi) is 5.15. The van der Waals surface area contributed by atoms with Crippen molar-refractivity contribution in [3.63, 3.8) is 0 Å². The number of halogens is 1. The van der Waals surface area contributed by atoms with Gasteiger partial charge in [-0.2, -0.15) is 14.0 Å². The van der Waals surface area contributed by atoms with E-state index in [0.29, 0.717) is 0 Å². The van der Waals surface area contributed by atoms with Crippen LogP contribution in [0.3, 0.4) is 0 Å². The van der Waals surface area contributed by atoms with Crippen LogP contribution in [0.2, 0.25) is 0 Å². The fourth-order valence-electron chi connectivity index (χ4n) is 0.908. The highest BCUT2D eigenvalue weighted by molar-refractivity contribution is 5.05. The molecule has 0 aliphatic heterocycles. The summed E-state index contributed by atoms with van der Waals surface area (Å²) >= 11 is 0. The van der Waals surface area contributed by atoms with E-state index >= 15 is 0 Å². The number of rotatable bonds is 1. The first-order valence-corrected chi connectivity index (χ1v) is 5.18. The van der Waals surface area contributed by atoms with Gasteiger partial charge in [-0.15, -0.1) is 0 Å². The minimum atomic E-state index is -4.69. The smallest absolute Gasteiger partial charge is 0.105 e. The second kappa shape index (κ2) is 5.40. The second-order valence-electron chi connectivity index (χ2n) is 2.86. The fourth-order valence-corrected chi connectivity index (χ4v) is 0.908. The van der Waals surface area contributed by atoms with Gasteiger partial charge in [-0.3, -0.25) is 0 Å². The standard InChI is InChI=1S/C7H12N2O.ClHO4/c1-5(10)7-4-8-6(2)9(7)3;2-1(3,4)5/h4-5,10H,1-3H3;(H,2,3,4,5). The monoisotopic (exact) mass is 240 g/mol. The van der Waals surface area contributed by atoms with E-state index in [1.807, 2.05) is 18.5 Å². The third-order valence-electron chi connectivity index (χ3n) is 1.68. The van der Waals surface area contributed by atoms with E-state index in [1.165, 1.54) is 0 Å². The van der Waals surface area contributed by atoms with Crippen LogP contribution in [0.25, 0.3) is 0 Å². The molecule has 1 rings (SSSR count). The summed E-state index contributed by atoms with van der Waals surface area (Å²) in [6.07, 6.45) is 1.27. The zero-order valence-corrected chi connectivity index (χ0v) is 9.30. The normalized spacial score (nSPS) is 13.1. The van der Waals surface area contributed by atoms with Gasteiger partial charge >= 0.3 is 0 Å². The summed E-state index contributed by atoms with van der Waals surface area (Å²) < 4.78 is 34.6. The molecule has 1 atom stereocenters. The quantitative estimate of drug-likeness (QED) is 0.528. The highest BCUT2D eigenvalue weighted by Gasteiger charge is 2.06. The van der Waals surface area contributed by atoms with Gasteiger partial charge in [0.25, 0.3) is 0 Å². The molecule has 0 amide bonds. The SMILES string of the molecule is Cc1ncc(C(C)O)n1C.[O-][Cl+3]([O-])([O-])O. The predicted molar refractivity (Wildman–Crippen MR) is 40.8 cm³/mol. The van der Waals surface area contributed by atoms with Crippen molar-refractivity contribution < 1.29 is 34.0 Å². The largest absolute Gasteiger partial charge is 0.387 e. The number of imidazole rings is 1. The van der Waals surface area contributed by atoms with Crippen LogP contribution in [0.15, 0.2) is 6.20 Å². The van der Waals surface area contributed by atoms with Crippen molar-refractivity contribution in [2.24, 2.45) is 7.05 Å². The average Bonchev–Trinajstić information content (AvgIpc) is 2.29. The molecule has 8 heteroatoms. The summed E-state index contributed by atoms with van der Waals surface area (Å²) in [6.45, 7) is 3.64. The van der Waals surface area contributed by atoms with Crippen LogP contribution >= 0.6 is 0 Å². The van der Waals surface area contributed by atoms with Gasteiger partial charge in [0.2, 0.25) is 0 Å². The first-order chi connectivity index (χ1) is 6.63. The summed E-state index contributed by atoms with van der Waals surface area (Å²) in [5.41, 5.74) is 0.859. The minimum absolute atomic E-state index is 0.425. The van der Waals surface area contributed by atoms with Gasteiger partial charge in [-0.25, -0.2) is 4.98 Å². The Morgan fingerprint density at radius 2 is 1.87 bits per heavy atom. The summed E-state index contributed by atoms with van der Waals surface area (Å²) in [7, 11) is -2.80. The molecule has 1 unspecified atom stereocenters. The van der Waals surface area contributed by atoms with E-state index in [1.54, 1.807) is 13.1 Å². The highest BCUT2D eigenvalue weighted by atomic mass is 35.7. The molecule has 1 heterocycles. The van der Waals surface area contributed by atoms with Gasteiger partial charge in [0.1, 0.15) is 5.82 Å². The van der Waals surface area contributed by atoms with E-state index in [4.69, 9.17) is 23.7 Å². The van der Waals surface area contributed by atoms with Crippen LogP contribution in [-0.2, 0) is 7.05 Å². The van der Waals surface area contributed by atoms with Crippen molar-refractivity contribution in [3.05, 3.63) is 17.7 Å². The van der Waals surface area contributed by atoms with Gasteiger partial charge in [0.15, 0.2) is 0 Å². The number of nitrogens with zero attached hydrogens (tertiary/aromatic N) is 2. The molecule has 1 aromatic rings. The number of aliphatic hydroxyl groups is 1. The lowest BCUT2D eigenvalue weighted by molar-refractivity contribution is -1.92. The molecule has 1 aromatic heterocycles. The second-order valence-corrected chi connectivity index (χ2v) is 3.65. The molecule has 15 heavy (non-hydrogen) atoms. The lowest BCUT2D eigenvalue weighted by Crippen LogP contribution is -2.58. The molecule has 0 radical (unpaired) electrons. The molecule has 0 aliphatic rings. The predicted octanol–water partition coefficient (Wildman–Crippen LogP) is -3.34. The van der Waals surface area contributed by atoms with Crippen LogP contribution in [-0.4, -0.2) is 19.3 Å². The number of hydrogen-bond acceptors (Lipinski definition) is 6. The average molecular weight is 241 g/mol. The molecule has 2 N–H and O–H groups in total. The maximum atomic E-state index is 9.16. The molecule has 0 fully saturated rings. The highest BCUT2D eigenvalue weighted by Crippen LogP contribution is 2.11. The van der Waals surface area contributed by atoms with Crippen LogP contribution in [0.5, 0.6) is 0 Å². The maximum absolute atomic E-state index is 9.16. The van der Waals surface area contributed by atoms with E-state index in [0.717, 1.165) is 11.5 Å². The molecule has 0 aliphatic carbocycles. The summed E-state index contributed by atoms with van der Waals surface area (Å²) in [4.78, 5) is 4.04. The first-order valence-electron chi connectivity index (χ1n) is 3.92. The van der Waals surface area contributed by atoms with Gasteiger partial charge < -0.3 is 9.67 Å².